The van der Waals surface area contributed by atoms with Crippen molar-refractivity contribution in [1.29, 1.82) is 0 Å². The zero-order chi connectivity index (χ0) is 13.7. The van der Waals surface area contributed by atoms with Crippen molar-refractivity contribution < 1.29 is 4.79 Å². The molecule has 0 spiro atoms. The normalized spacial score (nSPS) is 10.2. The van der Waals surface area contributed by atoms with E-state index < -0.39 is 5.91 Å². The van der Waals surface area contributed by atoms with Gasteiger partial charge >= 0.3 is 0 Å². The van der Waals surface area contributed by atoms with Crippen molar-refractivity contribution in [3.8, 4) is 11.3 Å². The van der Waals surface area contributed by atoms with Gasteiger partial charge in [0.15, 0.2) is 0 Å². The largest absolute Gasteiger partial charge is 0.289 e. The molecule has 0 aliphatic rings. The summed E-state index contributed by atoms with van der Waals surface area (Å²) >= 11 is 1.77. The standard InChI is InChI=1S/C13H14N4OS/c1-2-19-10-5-3-9(4-6-10)11-7-15-8-12(16-11)13(18)17-14/h3-8H,2,14H2,1H3,(H,17,18). The predicted molar refractivity (Wildman–Crippen MR) is 75.5 cm³/mol. The molecule has 5 nitrogen and oxygen atoms in total. The molecule has 1 aromatic heterocycles. The molecule has 0 atom stereocenters. The van der Waals surface area contributed by atoms with Crippen LogP contribution >= 0.6 is 11.8 Å². The highest BCUT2D eigenvalue weighted by atomic mass is 32.2. The van der Waals surface area contributed by atoms with Crippen LogP contribution in [0.1, 0.15) is 17.4 Å². The molecular formula is C13H14N4OS. The number of rotatable bonds is 4. The number of amides is 1. The van der Waals surface area contributed by atoms with E-state index in [4.69, 9.17) is 5.84 Å². The number of carbonyl (C=O) groups is 1. The van der Waals surface area contributed by atoms with Gasteiger partial charge in [0.2, 0.25) is 0 Å². The summed E-state index contributed by atoms with van der Waals surface area (Å²) in [5.41, 5.74) is 3.81. The van der Waals surface area contributed by atoms with E-state index in [1.165, 1.54) is 11.1 Å². The molecule has 0 bridgehead atoms. The Balaban J connectivity index is 2.28. The molecule has 0 fully saturated rings. The van der Waals surface area contributed by atoms with Gasteiger partial charge < -0.3 is 0 Å². The number of nitrogen functional groups attached to an aromatic ring is 1. The van der Waals surface area contributed by atoms with Gasteiger partial charge in [0.25, 0.3) is 5.91 Å². The van der Waals surface area contributed by atoms with Crippen LogP contribution in [0.15, 0.2) is 41.6 Å². The van der Waals surface area contributed by atoms with Crippen LogP contribution in [0.25, 0.3) is 11.3 Å². The van der Waals surface area contributed by atoms with Gasteiger partial charge in [-0.15, -0.1) is 11.8 Å². The molecule has 0 unspecified atom stereocenters. The highest BCUT2D eigenvalue weighted by molar-refractivity contribution is 7.99. The van der Waals surface area contributed by atoms with E-state index in [0.717, 1.165) is 11.3 Å². The van der Waals surface area contributed by atoms with E-state index in [1.54, 1.807) is 18.0 Å². The summed E-state index contributed by atoms with van der Waals surface area (Å²) in [7, 11) is 0. The van der Waals surface area contributed by atoms with Crippen molar-refractivity contribution in [2.45, 2.75) is 11.8 Å². The number of carbonyl (C=O) groups excluding carboxylic acids is 1. The number of benzene rings is 1. The SMILES string of the molecule is CCSc1ccc(-c2cncc(C(=O)NN)n2)cc1. The molecule has 2 rings (SSSR count). The Morgan fingerprint density at radius 1 is 1.32 bits per heavy atom. The number of thioether (sulfide) groups is 1. The zero-order valence-corrected chi connectivity index (χ0v) is 11.3. The lowest BCUT2D eigenvalue weighted by atomic mass is 10.1. The van der Waals surface area contributed by atoms with Crippen LogP contribution in [0, 0.1) is 0 Å². The maximum absolute atomic E-state index is 11.4. The van der Waals surface area contributed by atoms with E-state index in [1.807, 2.05) is 29.7 Å². The second-order valence-electron chi connectivity index (χ2n) is 3.72. The number of nitrogens with one attached hydrogen (secondary N) is 1. The predicted octanol–water partition coefficient (Wildman–Crippen LogP) is 1.86. The third-order valence-corrected chi connectivity index (χ3v) is 3.35. The molecule has 0 aliphatic heterocycles. The van der Waals surface area contributed by atoms with E-state index >= 15 is 0 Å². The van der Waals surface area contributed by atoms with E-state index in [0.29, 0.717) is 5.69 Å². The first kappa shape index (κ1) is 13.5. The lowest BCUT2D eigenvalue weighted by Crippen LogP contribution is -2.30. The van der Waals surface area contributed by atoms with Gasteiger partial charge in [0.05, 0.1) is 18.1 Å². The summed E-state index contributed by atoms with van der Waals surface area (Å²) in [5, 5.41) is 0. The highest BCUT2D eigenvalue weighted by Crippen LogP contribution is 2.22. The van der Waals surface area contributed by atoms with Gasteiger partial charge in [-0.05, 0) is 17.9 Å². The van der Waals surface area contributed by atoms with Crippen LogP contribution in [0.4, 0.5) is 0 Å². The van der Waals surface area contributed by atoms with Crippen LogP contribution in [-0.2, 0) is 0 Å². The third-order valence-electron chi connectivity index (χ3n) is 2.46. The Hall–Kier alpha value is -1.92. The van der Waals surface area contributed by atoms with Gasteiger partial charge in [-0.3, -0.25) is 15.2 Å². The van der Waals surface area contributed by atoms with E-state index in [-0.39, 0.29) is 5.69 Å². The maximum atomic E-state index is 11.4. The molecule has 1 amide bonds. The summed E-state index contributed by atoms with van der Waals surface area (Å²) in [5.74, 6) is 5.66. The quantitative estimate of drug-likeness (QED) is 0.385. The van der Waals surface area contributed by atoms with Crippen LogP contribution < -0.4 is 11.3 Å². The summed E-state index contributed by atoms with van der Waals surface area (Å²) < 4.78 is 0. The van der Waals surface area contributed by atoms with Crippen molar-refractivity contribution in [2.24, 2.45) is 5.84 Å². The molecule has 1 aromatic carbocycles. The minimum atomic E-state index is -0.451. The maximum Gasteiger partial charge on any atom is 0.285 e. The molecule has 0 radical (unpaired) electrons. The number of nitrogens with two attached hydrogens (primary N) is 1. The summed E-state index contributed by atoms with van der Waals surface area (Å²) in [6.45, 7) is 2.11. The molecule has 98 valence electrons. The second kappa shape index (κ2) is 6.31. The lowest BCUT2D eigenvalue weighted by molar-refractivity contribution is 0.0948. The summed E-state index contributed by atoms with van der Waals surface area (Å²) in [6, 6.07) is 7.99. The Bertz CT molecular complexity index is 571. The molecule has 1 heterocycles. The zero-order valence-electron chi connectivity index (χ0n) is 10.5. The van der Waals surface area contributed by atoms with Crippen molar-refractivity contribution in [3.05, 3.63) is 42.4 Å². The topological polar surface area (TPSA) is 80.9 Å². The minimum absolute atomic E-state index is 0.201. The van der Waals surface area contributed by atoms with Crippen molar-refractivity contribution in [2.75, 3.05) is 5.75 Å². The number of hydrogen-bond donors (Lipinski definition) is 2. The number of nitrogens with zero attached hydrogens (tertiary/aromatic N) is 2. The molecular weight excluding hydrogens is 260 g/mol. The average molecular weight is 274 g/mol. The first-order chi connectivity index (χ1) is 9.24. The third kappa shape index (κ3) is 3.30. The first-order valence-electron chi connectivity index (χ1n) is 5.81. The second-order valence-corrected chi connectivity index (χ2v) is 5.06. The van der Waals surface area contributed by atoms with Crippen molar-refractivity contribution in [3.63, 3.8) is 0 Å². The Morgan fingerprint density at radius 2 is 2.05 bits per heavy atom. The van der Waals surface area contributed by atoms with Gasteiger partial charge in [-0.2, -0.15) is 0 Å². The molecule has 19 heavy (non-hydrogen) atoms. The lowest BCUT2D eigenvalue weighted by Gasteiger charge is -2.04. The molecule has 6 heteroatoms. The molecule has 0 aliphatic carbocycles. The van der Waals surface area contributed by atoms with Gasteiger partial charge in [-0.25, -0.2) is 10.8 Å². The smallest absolute Gasteiger partial charge is 0.285 e. The van der Waals surface area contributed by atoms with Crippen molar-refractivity contribution >= 4 is 17.7 Å². The van der Waals surface area contributed by atoms with Crippen LogP contribution in [0.5, 0.6) is 0 Å². The number of hydrazine groups is 1. The average Bonchev–Trinajstić information content (AvgIpc) is 2.48. The number of hydrogen-bond acceptors (Lipinski definition) is 5. The summed E-state index contributed by atoms with van der Waals surface area (Å²) in [6.07, 6.45) is 3.00. The fourth-order valence-corrected chi connectivity index (χ4v) is 2.24. The first-order valence-corrected chi connectivity index (χ1v) is 6.79. The monoisotopic (exact) mass is 274 g/mol. The number of aromatic nitrogens is 2. The van der Waals surface area contributed by atoms with E-state index in [9.17, 15) is 4.79 Å². The summed E-state index contributed by atoms with van der Waals surface area (Å²) in [4.78, 5) is 20.8. The van der Waals surface area contributed by atoms with Crippen LogP contribution in [0.3, 0.4) is 0 Å². The van der Waals surface area contributed by atoms with Gasteiger partial charge in [0, 0.05) is 10.5 Å². The van der Waals surface area contributed by atoms with Gasteiger partial charge in [0.1, 0.15) is 5.69 Å². The molecule has 2 aromatic rings. The Labute approximate surface area is 115 Å². The van der Waals surface area contributed by atoms with Gasteiger partial charge in [-0.1, -0.05) is 19.1 Å². The highest BCUT2D eigenvalue weighted by Gasteiger charge is 2.08. The Kier molecular flexibility index (Phi) is 4.48. The van der Waals surface area contributed by atoms with Crippen molar-refractivity contribution in [1.82, 2.24) is 15.4 Å². The van der Waals surface area contributed by atoms with Crippen LogP contribution in [-0.4, -0.2) is 21.6 Å². The van der Waals surface area contributed by atoms with Crippen LogP contribution in [0.2, 0.25) is 0 Å². The molecule has 0 saturated carbocycles. The Morgan fingerprint density at radius 3 is 2.68 bits per heavy atom. The molecule has 3 N–H and O–H groups in total. The van der Waals surface area contributed by atoms with E-state index in [2.05, 4.69) is 16.9 Å². The fraction of sp³-hybridized carbons (Fsp3) is 0.154. The fourth-order valence-electron chi connectivity index (χ4n) is 1.58. The molecule has 0 saturated heterocycles. The minimum Gasteiger partial charge on any atom is -0.289 e.